The summed E-state index contributed by atoms with van der Waals surface area (Å²) in [5.74, 6) is -1.89. The molecule has 300 valence electrons. The zero-order valence-corrected chi connectivity index (χ0v) is 30.6. The van der Waals surface area contributed by atoms with E-state index in [-0.39, 0.29) is 6.61 Å². The molecule has 14 nitrogen and oxygen atoms in total. The molecule has 0 saturated heterocycles. The molecule has 0 radical (unpaired) electrons. The molecule has 4 atom stereocenters. The Morgan fingerprint density at radius 2 is 1.00 bits per heavy atom. The summed E-state index contributed by atoms with van der Waals surface area (Å²) in [6, 6.07) is 12.2. The summed E-state index contributed by atoms with van der Waals surface area (Å²) in [5, 5.41) is 22.1. The molecule has 21 heteroatoms. The van der Waals surface area contributed by atoms with Crippen LogP contribution in [0.3, 0.4) is 0 Å². The van der Waals surface area contributed by atoms with Gasteiger partial charge in [0, 0.05) is 0 Å². The van der Waals surface area contributed by atoms with Crippen LogP contribution in [0.2, 0.25) is 0 Å². The molecule has 0 unspecified atom stereocenters. The maximum absolute atomic E-state index is 13.2. The molecule has 2 amide bonds. The molecular weight excluding hydrogens is 770 g/mol. The number of alkyl halides is 6. The van der Waals surface area contributed by atoms with Crippen molar-refractivity contribution >= 4 is 18.2 Å². The van der Waals surface area contributed by atoms with Crippen molar-refractivity contribution in [3.63, 3.8) is 0 Å². The number of halogens is 6. The normalized spacial score (nSPS) is 14.0. The Balaban J connectivity index is 0.000000926. The quantitative estimate of drug-likeness (QED) is 0.189. The second-order valence-electron chi connectivity index (χ2n) is 12.6. The standard InChI is InChI=1S/C16H20F3NO5.C16H22F3NO4.Cr.3O/c1-15(2,3)25-14(23)20-11(13(21)22)12(16(17,18)19)24-9-10-7-5-4-6-8-10;1-15(2,3)24-14(22)20-12(9-21)13(16(17,18)19)23-10-11-7-5-4-6-8-11;;;;/h4-8,11-12H,9H2,1-3H3,(H,20,23)(H,21,22);4-8,12-13,21H,9-10H2,1-3H3,(H,20,22);;;;/t11-,12+;12-,13-;;;;/m10..../s1. The number of alkyl carbamates (subject to hydrolysis) is 2. The van der Waals surface area contributed by atoms with Crippen LogP contribution in [-0.2, 0) is 62.3 Å². The zero-order chi connectivity index (χ0) is 41.2. The molecule has 0 heterocycles. The molecule has 0 aromatic heterocycles. The molecule has 0 aliphatic heterocycles. The first kappa shape index (κ1) is 48.8. The Morgan fingerprint density at radius 3 is 1.30 bits per heavy atom. The molecule has 0 spiro atoms. The van der Waals surface area contributed by atoms with Crippen LogP contribution < -0.4 is 10.6 Å². The number of ether oxygens (including phenoxy) is 4. The first-order valence-corrected chi connectivity index (χ1v) is 16.8. The van der Waals surface area contributed by atoms with Gasteiger partial charge in [0.05, 0.1) is 25.9 Å². The van der Waals surface area contributed by atoms with Crippen molar-refractivity contribution in [2.75, 3.05) is 6.61 Å². The first-order chi connectivity index (χ1) is 24.2. The molecule has 0 bridgehead atoms. The van der Waals surface area contributed by atoms with Crippen molar-refractivity contribution in [2.45, 2.75) is 103 Å². The van der Waals surface area contributed by atoms with Crippen molar-refractivity contribution in [2.24, 2.45) is 0 Å². The summed E-state index contributed by atoms with van der Waals surface area (Å²) in [6.07, 6.45) is -17.2. The number of carboxylic acids is 1. The van der Waals surface area contributed by atoms with Gasteiger partial charge in [0.25, 0.3) is 0 Å². The van der Waals surface area contributed by atoms with Gasteiger partial charge in [-0.15, -0.1) is 0 Å². The van der Waals surface area contributed by atoms with Crippen LogP contribution in [0.5, 0.6) is 0 Å². The Bertz CT molecular complexity index is 1510. The number of hydrogen-bond donors (Lipinski definition) is 4. The number of carbonyl (C=O) groups is 3. The van der Waals surface area contributed by atoms with Gasteiger partial charge < -0.3 is 39.8 Å². The third kappa shape index (κ3) is 23.2. The summed E-state index contributed by atoms with van der Waals surface area (Å²) in [5.41, 5.74) is -0.895. The van der Waals surface area contributed by atoms with E-state index in [1.807, 2.05) is 5.32 Å². The zero-order valence-electron chi connectivity index (χ0n) is 29.4. The fourth-order valence-corrected chi connectivity index (χ4v) is 3.72. The predicted octanol–water partition coefficient (Wildman–Crippen LogP) is 5.77. The number of carbonyl (C=O) groups excluding carboxylic acids is 2. The fourth-order valence-electron chi connectivity index (χ4n) is 3.72. The van der Waals surface area contributed by atoms with Crippen molar-refractivity contribution in [1.82, 2.24) is 10.6 Å². The van der Waals surface area contributed by atoms with Crippen LogP contribution in [0.25, 0.3) is 0 Å². The number of aliphatic carboxylic acids is 1. The van der Waals surface area contributed by atoms with Crippen molar-refractivity contribution in [3.8, 4) is 0 Å². The second kappa shape index (κ2) is 22.2. The number of benzene rings is 2. The van der Waals surface area contributed by atoms with Gasteiger partial charge in [-0.05, 0) is 52.7 Å². The van der Waals surface area contributed by atoms with Crippen molar-refractivity contribution < 1.29 is 95.2 Å². The van der Waals surface area contributed by atoms with E-state index in [1.165, 1.54) is 32.9 Å². The maximum atomic E-state index is 13.2. The average molecular weight is 813 g/mol. The molecule has 0 saturated carbocycles. The fraction of sp³-hybridized carbons (Fsp3) is 0.531. The van der Waals surface area contributed by atoms with E-state index in [1.54, 1.807) is 74.6 Å². The Labute approximate surface area is 304 Å². The predicted molar refractivity (Wildman–Crippen MR) is 165 cm³/mol. The monoisotopic (exact) mass is 812 g/mol. The summed E-state index contributed by atoms with van der Waals surface area (Å²) in [6.45, 7) is 7.50. The van der Waals surface area contributed by atoms with Gasteiger partial charge in [-0.25, -0.2) is 14.4 Å². The van der Waals surface area contributed by atoms with E-state index in [9.17, 15) is 45.8 Å². The van der Waals surface area contributed by atoms with Crippen LogP contribution >= 0.6 is 0 Å². The number of amides is 2. The van der Waals surface area contributed by atoms with Gasteiger partial charge in [0.2, 0.25) is 0 Å². The summed E-state index contributed by atoms with van der Waals surface area (Å²) >= 11 is -3.79. The number of nitrogens with one attached hydrogen (secondary N) is 2. The summed E-state index contributed by atoms with van der Waals surface area (Å²) in [4.78, 5) is 34.6. The Kier molecular flexibility index (Phi) is 20.4. The molecule has 2 aromatic carbocycles. The molecular formula is C32H42CrF6N2O12. The number of carboxylic acid groups (broad SMARTS) is 1. The van der Waals surface area contributed by atoms with Gasteiger partial charge >= 0.3 is 55.9 Å². The van der Waals surface area contributed by atoms with E-state index in [0.29, 0.717) is 11.1 Å². The van der Waals surface area contributed by atoms with Crippen LogP contribution in [-0.4, -0.2) is 82.8 Å². The van der Waals surface area contributed by atoms with Gasteiger partial charge in [-0.3, -0.25) is 0 Å². The van der Waals surface area contributed by atoms with Crippen LogP contribution in [0.1, 0.15) is 52.7 Å². The second-order valence-corrected chi connectivity index (χ2v) is 13.3. The number of aliphatic hydroxyl groups excluding tert-OH is 1. The topological polar surface area (TPSA) is 204 Å². The van der Waals surface area contributed by atoms with E-state index in [2.05, 4.69) is 0 Å². The van der Waals surface area contributed by atoms with Crippen molar-refractivity contribution in [3.05, 3.63) is 71.8 Å². The Hall–Kier alpha value is -4.16. The molecule has 2 rings (SSSR count). The van der Waals surface area contributed by atoms with E-state index >= 15 is 0 Å². The van der Waals surface area contributed by atoms with Crippen LogP contribution in [0, 0.1) is 0 Å². The van der Waals surface area contributed by atoms with Crippen LogP contribution in [0.15, 0.2) is 60.7 Å². The van der Waals surface area contributed by atoms with Gasteiger partial charge in [0.15, 0.2) is 18.2 Å². The average Bonchev–Trinajstić information content (AvgIpc) is 2.98. The molecule has 0 aliphatic carbocycles. The van der Waals surface area contributed by atoms with E-state index in [4.69, 9.17) is 35.5 Å². The molecule has 0 aliphatic rings. The minimum atomic E-state index is -5.01. The third-order valence-corrected chi connectivity index (χ3v) is 5.70. The Morgan fingerprint density at radius 1 is 0.660 bits per heavy atom. The molecule has 2 aromatic rings. The first-order valence-electron chi connectivity index (χ1n) is 15.2. The minimum absolute atomic E-state index is 0.308. The van der Waals surface area contributed by atoms with Crippen molar-refractivity contribution in [1.29, 1.82) is 0 Å². The van der Waals surface area contributed by atoms with Gasteiger partial charge in [-0.2, -0.15) is 26.3 Å². The summed E-state index contributed by atoms with van der Waals surface area (Å²) < 4.78 is 124. The molecule has 0 fully saturated rings. The molecule has 4 N–H and O–H groups in total. The third-order valence-electron chi connectivity index (χ3n) is 5.70. The van der Waals surface area contributed by atoms with Gasteiger partial charge in [0.1, 0.15) is 11.2 Å². The van der Waals surface area contributed by atoms with E-state index < -0.39 is 93.2 Å². The van der Waals surface area contributed by atoms with Crippen LogP contribution in [0.4, 0.5) is 35.9 Å². The van der Waals surface area contributed by atoms with E-state index in [0.717, 1.165) is 0 Å². The number of rotatable bonds is 12. The number of aliphatic hydroxyl groups is 1. The SMILES string of the molecule is CC(C)(C)OC(=O)N[C@@H](C(=O)O)[C@H](OCc1ccccc1)C(F)(F)F.CC(C)(C)OC(=O)N[C@@H](CO)[C@H](OCc1ccccc1)C(F)(F)F.[O]=[Cr](=[O])=[O]. The van der Waals surface area contributed by atoms with Gasteiger partial charge in [-0.1, -0.05) is 60.7 Å². The summed E-state index contributed by atoms with van der Waals surface area (Å²) in [7, 11) is 0. The molecule has 53 heavy (non-hydrogen) atoms. The number of hydrogen-bond acceptors (Lipinski definition) is 11.